The molecule has 0 saturated heterocycles. The van der Waals surface area contributed by atoms with Gasteiger partial charge in [-0.05, 0) is 24.6 Å². The van der Waals surface area contributed by atoms with E-state index in [4.69, 9.17) is 11.6 Å². The fourth-order valence-electron chi connectivity index (χ4n) is 2.00. The van der Waals surface area contributed by atoms with Crippen LogP contribution in [0.2, 0.25) is 5.02 Å². The van der Waals surface area contributed by atoms with Crippen LogP contribution in [0.4, 0.5) is 5.82 Å². The SMILES string of the molecule is CCNc1cn2ccnc2c(SCc2ccc(Cl)cc2)n1. The third-order valence-electron chi connectivity index (χ3n) is 2.99. The van der Waals surface area contributed by atoms with E-state index in [1.165, 1.54) is 5.56 Å². The van der Waals surface area contributed by atoms with Gasteiger partial charge in [0.2, 0.25) is 0 Å². The second-order valence-corrected chi connectivity index (χ2v) is 5.94. The van der Waals surface area contributed by atoms with Crippen molar-refractivity contribution in [3.05, 3.63) is 53.4 Å². The quantitative estimate of drug-likeness (QED) is 0.719. The van der Waals surface area contributed by atoms with Gasteiger partial charge >= 0.3 is 0 Å². The molecule has 3 aromatic rings. The van der Waals surface area contributed by atoms with Crippen molar-refractivity contribution >= 4 is 34.8 Å². The van der Waals surface area contributed by atoms with Crippen LogP contribution in [0.15, 0.2) is 47.9 Å². The summed E-state index contributed by atoms with van der Waals surface area (Å²) >= 11 is 7.58. The Bertz CT molecular complexity index is 739. The zero-order valence-corrected chi connectivity index (χ0v) is 13.2. The summed E-state index contributed by atoms with van der Waals surface area (Å²) in [6.07, 6.45) is 5.68. The zero-order valence-electron chi connectivity index (χ0n) is 11.6. The Balaban J connectivity index is 1.84. The van der Waals surface area contributed by atoms with Crippen LogP contribution in [0.5, 0.6) is 0 Å². The van der Waals surface area contributed by atoms with E-state index in [9.17, 15) is 0 Å². The topological polar surface area (TPSA) is 42.2 Å². The van der Waals surface area contributed by atoms with E-state index in [1.807, 2.05) is 41.1 Å². The van der Waals surface area contributed by atoms with Crippen LogP contribution in [0.3, 0.4) is 0 Å². The third-order valence-corrected chi connectivity index (χ3v) is 4.27. The molecule has 1 N–H and O–H groups in total. The summed E-state index contributed by atoms with van der Waals surface area (Å²) < 4.78 is 2.00. The van der Waals surface area contributed by atoms with Crippen molar-refractivity contribution in [1.82, 2.24) is 14.4 Å². The van der Waals surface area contributed by atoms with Crippen LogP contribution in [0, 0.1) is 0 Å². The number of nitrogens with zero attached hydrogens (tertiary/aromatic N) is 3. The Morgan fingerprint density at radius 1 is 1.29 bits per heavy atom. The van der Waals surface area contributed by atoms with E-state index in [1.54, 1.807) is 18.0 Å². The lowest BCUT2D eigenvalue weighted by Gasteiger charge is -2.08. The molecule has 3 rings (SSSR count). The van der Waals surface area contributed by atoms with Gasteiger partial charge in [-0.1, -0.05) is 35.5 Å². The molecule has 0 unspecified atom stereocenters. The number of rotatable bonds is 5. The number of thioether (sulfide) groups is 1. The molecular weight excluding hydrogens is 304 g/mol. The summed E-state index contributed by atoms with van der Waals surface area (Å²) in [5.74, 6) is 1.70. The zero-order chi connectivity index (χ0) is 14.7. The second-order valence-electron chi connectivity index (χ2n) is 4.53. The molecule has 4 nitrogen and oxygen atoms in total. The second kappa shape index (κ2) is 6.37. The summed E-state index contributed by atoms with van der Waals surface area (Å²) in [5.41, 5.74) is 2.10. The van der Waals surface area contributed by atoms with Crippen LogP contribution >= 0.6 is 23.4 Å². The first-order valence-electron chi connectivity index (χ1n) is 6.71. The smallest absolute Gasteiger partial charge is 0.169 e. The summed E-state index contributed by atoms with van der Waals surface area (Å²) in [6.45, 7) is 2.90. The van der Waals surface area contributed by atoms with E-state index in [-0.39, 0.29) is 0 Å². The molecule has 6 heteroatoms. The fraction of sp³-hybridized carbons (Fsp3) is 0.200. The average Bonchev–Trinajstić information content (AvgIpc) is 2.95. The first kappa shape index (κ1) is 14.2. The van der Waals surface area contributed by atoms with Crippen LogP contribution in [-0.4, -0.2) is 20.9 Å². The van der Waals surface area contributed by atoms with Crippen LogP contribution in [0.1, 0.15) is 12.5 Å². The molecule has 0 radical (unpaired) electrons. The van der Waals surface area contributed by atoms with Crippen molar-refractivity contribution in [3.8, 4) is 0 Å². The summed E-state index contributed by atoms with van der Waals surface area (Å²) in [4.78, 5) is 9.01. The predicted molar refractivity (Wildman–Crippen MR) is 88.2 cm³/mol. The van der Waals surface area contributed by atoms with E-state index >= 15 is 0 Å². The minimum atomic E-state index is 0.756. The van der Waals surface area contributed by atoms with Gasteiger partial charge in [-0.3, -0.25) is 0 Å². The fourth-order valence-corrected chi connectivity index (χ4v) is 3.07. The standard InChI is InChI=1S/C15H15ClN4S/c1-2-17-13-9-20-8-7-18-14(20)15(19-13)21-10-11-3-5-12(16)6-4-11/h3-9,17H,2,10H2,1H3. The molecule has 0 fully saturated rings. The van der Waals surface area contributed by atoms with Crippen LogP contribution in [-0.2, 0) is 5.75 Å². The van der Waals surface area contributed by atoms with Crippen LogP contribution in [0.25, 0.3) is 5.65 Å². The van der Waals surface area contributed by atoms with E-state index in [0.717, 1.165) is 33.8 Å². The van der Waals surface area contributed by atoms with Crippen molar-refractivity contribution in [2.45, 2.75) is 17.7 Å². The van der Waals surface area contributed by atoms with Gasteiger partial charge in [0.25, 0.3) is 0 Å². The Labute approximate surface area is 132 Å². The summed E-state index contributed by atoms with van der Waals surface area (Å²) in [5, 5.41) is 4.93. The monoisotopic (exact) mass is 318 g/mol. The highest BCUT2D eigenvalue weighted by Crippen LogP contribution is 2.26. The minimum absolute atomic E-state index is 0.756. The molecule has 21 heavy (non-hydrogen) atoms. The van der Waals surface area contributed by atoms with Gasteiger partial charge in [0.1, 0.15) is 10.8 Å². The van der Waals surface area contributed by atoms with Crippen molar-refractivity contribution in [2.24, 2.45) is 0 Å². The summed E-state index contributed by atoms with van der Waals surface area (Å²) in [6, 6.07) is 7.88. The van der Waals surface area contributed by atoms with Gasteiger partial charge in [0, 0.05) is 29.7 Å². The molecule has 0 spiro atoms. The number of imidazole rings is 1. The number of nitrogens with one attached hydrogen (secondary N) is 1. The number of anilines is 1. The Kier molecular flexibility index (Phi) is 4.31. The molecule has 0 aliphatic carbocycles. The molecule has 0 aliphatic heterocycles. The van der Waals surface area contributed by atoms with Crippen molar-refractivity contribution < 1.29 is 0 Å². The van der Waals surface area contributed by atoms with Crippen LogP contribution < -0.4 is 5.32 Å². The van der Waals surface area contributed by atoms with E-state index in [0.29, 0.717) is 0 Å². The normalized spacial score (nSPS) is 11.0. The number of hydrogen-bond acceptors (Lipinski definition) is 4. The third kappa shape index (κ3) is 3.31. The van der Waals surface area contributed by atoms with Gasteiger partial charge in [0.05, 0.1) is 6.20 Å². The van der Waals surface area contributed by atoms with Crippen molar-refractivity contribution in [1.29, 1.82) is 0 Å². The van der Waals surface area contributed by atoms with Gasteiger partial charge in [0.15, 0.2) is 5.65 Å². The lowest BCUT2D eigenvalue weighted by Crippen LogP contribution is -2.02. The maximum atomic E-state index is 5.91. The highest BCUT2D eigenvalue weighted by Gasteiger charge is 2.08. The molecule has 0 amide bonds. The highest BCUT2D eigenvalue weighted by atomic mass is 35.5. The molecule has 0 atom stereocenters. The molecular formula is C15H15ClN4S. The predicted octanol–water partition coefficient (Wildman–Crippen LogP) is 4.11. The maximum absolute atomic E-state index is 5.91. The average molecular weight is 319 g/mol. The molecule has 2 heterocycles. The number of benzene rings is 1. The van der Waals surface area contributed by atoms with Gasteiger partial charge in [-0.15, -0.1) is 0 Å². The van der Waals surface area contributed by atoms with Crippen molar-refractivity contribution in [3.63, 3.8) is 0 Å². The lowest BCUT2D eigenvalue weighted by atomic mass is 10.2. The Morgan fingerprint density at radius 3 is 2.86 bits per heavy atom. The first-order valence-corrected chi connectivity index (χ1v) is 8.07. The number of aromatic nitrogens is 3. The Hall–Kier alpha value is -1.72. The molecule has 1 aromatic carbocycles. The molecule has 108 valence electrons. The molecule has 0 aliphatic rings. The van der Waals surface area contributed by atoms with Gasteiger partial charge in [-0.2, -0.15) is 0 Å². The number of fused-ring (bicyclic) bond motifs is 1. The first-order chi connectivity index (χ1) is 10.3. The summed E-state index contributed by atoms with van der Waals surface area (Å²) in [7, 11) is 0. The minimum Gasteiger partial charge on any atom is -0.369 e. The molecule has 0 saturated carbocycles. The number of hydrogen-bond donors (Lipinski definition) is 1. The maximum Gasteiger partial charge on any atom is 0.169 e. The Morgan fingerprint density at radius 2 is 2.10 bits per heavy atom. The largest absolute Gasteiger partial charge is 0.369 e. The van der Waals surface area contributed by atoms with E-state index < -0.39 is 0 Å². The molecule has 0 bridgehead atoms. The lowest BCUT2D eigenvalue weighted by molar-refractivity contribution is 1.01. The molecule has 2 aromatic heterocycles. The van der Waals surface area contributed by atoms with Gasteiger partial charge < -0.3 is 9.72 Å². The van der Waals surface area contributed by atoms with E-state index in [2.05, 4.69) is 22.2 Å². The highest BCUT2D eigenvalue weighted by molar-refractivity contribution is 7.98. The number of halogens is 1. The van der Waals surface area contributed by atoms with Gasteiger partial charge in [-0.25, -0.2) is 9.97 Å². The van der Waals surface area contributed by atoms with Crippen molar-refractivity contribution in [2.75, 3.05) is 11.9 Å².